The van der Waals surface area contributed by atoms with Gasteiger partial charge in [0.2, 0.25) is 0 Å². The Labute approximate surface area is 148 Å². The van der Waals surface area contributed by atoms with Crippen molar-refractivity contribution >= 4 is 11.6 Å². The Morgan fingerprint density at radius 1 is 0.926 bits per heavy atom. The van der Waals surface area contributed by atoms with Gasteiger partial charge in [-0.25, -0.2) is 17.6 Å². The molecule has 3 N–H and O–H groups in total. The summed E-state index contributed by atoms with van der Waals surface area (Å²) in [6.07, 6.45) is 0. The van der Waals surface area contributed by atoms with Gasteiger partial charge in [0.15, 0.2) is 29.1 Å². The number of halogens is 4. The molecule has 27 heavy (non-hydrogen) atoms. The van der Waals surface area contributed by atoms with Gasteiger partial charge in [-0.2, -0.15) is 0 Å². The van der Waals surface area contributed by atoms with Crippen molar-refractivity contribution in [3.8, 4) is 11.4 Å². The Hall–Kier alpha value is -3.62. The molecule has 138 valence electrons. The molecule has 1 heterocycles. The number of rotatable bonds is 3. The van der Waals surface area contributed by atoms with E-state index in [2.05, 4.69) is 0 Å². The Balaban J connectivity index is 2.26. The first-order valence-corrected chi connectivity index (χ1v) is 7.41. The SMILES string of the molecule is Nc1c(C(=O)c2cccc(F)c2F)ccc(=O)n1-c1c(F)cc(O)cc1F. The fourth-order valence-electron chi connectivity index (χ4n) is 2.57. The van der Waals surface area contributed by atoms with Crippen molar-refractivity contribution in [1.82, 2.24) is 4.57 Å². The van der Waals surface area contributed by atoms with Crippen LogP contribution in [0.4, 0.5) is 23.4 Å². The van der Waals surface area contributed by atoms with Crippen LogP contribution < -0.4 is 11.3 Å². The molecule has 0 fully saturated rings. The molecule has 0 atom stereocenters. The van der Waals surface area contributed by atoms with Gasteiger partial charge in [-0.3, -0.25) is 14.2 Å². The van der Waals surface area contributed by atoms with Crippen LogP contribution in [0.2, 0.25) is 0 Å². The number of nitrogens with two attached hydrogens (primary N) is 1. The fraction of sp³-hybridized carbons (Fsp3) is 0. The van der Waals surface area contributed by atoms with E-state index in [0.717, 1.165) is 30.3 Å². The first-order chi connectivity index (χ1) is 12.7. The highest BCUT2D eigenvalue weighted by Crippen LogP contribution is 2.26. The molecule has 0 aliphatic heterocycles. The second-order valence-electron chi connectivity index (χ2n) is 5.49. The van der Waals surface area contributed by atoms with E-state index in [1.165, 1.54) is 0 Å². The van der Waals surface area contributed by atoms with Crippen LogP contribution in [0.15, 0.2) is 47.3 Å². The van der Waals surface area contributed by atoms with E-state index in [-0.39, 0.29) is 0 Å². The molecule has 0 aliphatic rings. The smallest absolute Gasteiger partial charge is 0.256 e. The number of carbonyl (C=O) groups excluding carboxylic acids is 1. The zero-order valence-electron chi connectivity index (χ0n) is 13.3. The first-order valence-electron chi connectivity index (χ1n) is 7.41. The summed E-state index contributed by atoms with van der Waals surface area (Å²) in [5, 5.41) is 9.22. The van der Waals surface area contributed by atoms with Gasteiger partial charge in [-0.05, 0) is 18.2 Å². The van der Waals surface area contributed by atoms with E-state index < -0.39 is 63.0 Å². The molecule has 0 amide bonds. The van der Waals surface area contributed by atoms with Gasteiger partial charge in [0.25, 0.3) is 5.56 Å². The Morgan fingerprint density at radius 2 is 1.56 bits per heavy atom. The Kier molecular flexibility index (Phi) is 4.44. The largest absolute Gasteiger partial charge is 0.508 e. The third kappa shape index (κ3) is 3.03. The maximum absolute atomic E-state index is 14.1. The second-order valence-corrected chi connectivity index (χ2v) is 5.49. The third-order valence-corrected chi connectivity index (χ3v) is 3.80. The number of benzene rings is 2. The maximum atomic E-state index is 14.1. The van der Waals surface area contributed by atoms with Crippen LogP contribution >= 0.6 is 0 Å². The lowest BCUT2D eigenvalue weighted by molar-refractivity contribution is 0.103. The fourth-order valence-corrected chi connectivity index (χ4v) is 2.57. The van der Waals surface area contributed by atoms with E-state index in [0.29, 0.717) is 16.7 Å². The summed E-state index contributed by atoms with van der Waals surface area (Å²) in [6.45, 7) is 0. The maximum Gasteiger partial charge on any atom is 0.256 e. The number of phenolic OH excluding ortho intramolecular Hbond substituents is 1. The predicted molar refractivity (Wildman–Crippen MR) is 87.8 cm³/mol. The van der Waals surface area contributed by atoms with Crippen molar-refractivity contribution in [2.45, 2.75) is 0 Å². The van der Waals surface area contributed by atoms with Crippen LogP contribution in [0.1, 0.15) is 15.9 Å². The number of nitrogen functional groups attached to an aromatic ring is 1. The van der Waals surface area contributed by atoms with Crippen molar-refractivity contribution in [3.63, 3.8) is 0 Å². The molecule has 0 unspecified atom stereocenters. The monoisotopic (exact) mass is 378 g/mol. The lowest BCUT2D eigenvalue weighted by Gasteiger charge is -2.15. The van der Waals surface area contributed by atoms with E-state index in [1.54, 1.807) is 0 Å². The van der Waals surface area contributed by atoms with Crippen LogP contribution in [0.25, 0.3) is 5.69 Å². The molecular weight excluding hydrogens is 368 g/mol. The van der Waals surface area contributed by atoms with Crippen LogP contribution in [0.3, 0.4) is 0 Å². The van der Waals surface area contributed by atoms with Gasteiger partial charge in [0.05, 0.1) is 11.1 Å². The zero-order valence-corrected chi connectivity index (χ0v) is 13.3. The number of hydrogen-bond acceptors (Lipinski definition) is 4. The summed E-state index contributed by atoms with van der Waals surface area (Å²) in [4.78, 5) is 24.6. The highest BCUT2D eigenvalue weighted by Gasteiger charge is 2.23. The Bertz CT molecular complexity index is 1120. The Morgan fingerprint density at radius 3 is 2.19 bits per heavy atom. The van der Waals surface area contributed by atoms with Crippen molar-refractivity contribution in [1.29, 1.82) is 0 Å². The summed E-state index contributed by atoms with van der Waals surface area (Å²) < 4.78 is 55.9. The molecular formula is C18H10F4N2O3. The molecule has 3 aromatic rings. The molecule has 1 aromatic heterocycles. The number of aromatic hydroxyl groups is 1. The van der Waals surface area contributed by atoms with E-state index in [4.69, 9.17) is 5.73 Å². The molecule has 0 radical (unpaired) electrons. The molecule has 0 bridgehead atoms. The molecule has 0 spiro atoms. The number of aromatic nitrogens is 1. The van der Waals surface area contributed by atoms with Crippen molar-refractivity contribution < 1.29 is 27.5 Å². The third-order valence-electron chi connectivity index (χ3n) is 3.80. The lowest BCUT2D eigenvalue weighted by Crippen LogP contribution is -2.25. The molecule has 3 rings (SSSR count). The first kappa shape index (κ1) is 18.2. The highest BCUT2D eigenvalue weighted by molar-refractivity contribution is 6.11. The minimum Gasteiger partial charge on any atom is -0.508 e. The van der Waals surface area contributed by atoms with E-state index in [9.17, 15) is 32.3 Å². The molecule has 0 saturated carbocycles. The normalized spacial score (nSPS) is 10.8. The number of nitrogens with zero attached hydrogens (tertiary/aromatic N) is 1. The number of hydrogen-bond donors (Lipinski definition) is 2. The standard InChI is InChI=1S/C18H10F4N2O3/c19-11-3-1-2-9(15(11)22)17(27)10-4-5-14(26)24(18(10)23)16-12(20)6-8(25)7-13(16)21/h1-7,25H,23H2. The van der Waals surface area contributed by atoms with Crippen LogP contribution in [-0.2, 0) is 0 Å². The topological polar surface area (TPSA) is 85.3 Å². The summed E-state index contributed by atoms with van der Waals surface area (Å²) in [6, 6.07) is 5.73. The average Bonchev–Trinajstić information content (AvgIpc) is 2.59. The number of anilines is 1. The van der Waals surface area contributed by atoms with Crippen molar-refractivity contribution in [2.24, 2.45) is 0 Å². The van der Waals surface area contributed by atoms with Gasteiger partial charge in [-0.15, -0.1) is 0 Å². The van der Waals surface area contributed by atoms with Gasteiger partial charge in [0.1, 0.15) is 17.3 Å². The van der Waals surface area contributed by atoms with E-state index in [1.807, 2.05) is 0 Å². The van der Waals surface area contributed by atoms with Crippen LogP contribution in [0, 0.1) is 23.3 Å². The van der Waals surface area contributed by atoms with Gasteiger partial charge in [0, 0.05) is 18.2 Å². The van der Waals surface area contributed by atoms with Crippen LogP contribution in [-0.4, -0.2) is 15.5 Å². The zero-order chi connectivity index (χ0) is 19.9. The quantitative estimate of drug-likeness (QED) is 0.542. The molecule has 9 heteroatoms. The molecule has 0 aliphatic carbocycles. The minimum absolute atomic E-state index is 0.370. The minimum atomic E-state index is -1.43. The summed E-state index contributed by atoms with van der Waals surface area (Å²) in [5.74, 6) is -7.83. The molecule has 2 aromatic carbocycles. The lowest BCUT2D eigenvalue weighted by atomic mass is 10.0. The number of ketones is 1. The molecule has 0 saturated heterocycles. The predicted octanol–water partition coefficient (Wildman–Crippen LogP) is 2.91. The molecule has 5 nitrogen and oxygen atoms in total. The number of pyridine rings is 1. The van der Waals surface area contributed by atoms with Crippen LogP contribution in [0.5, 0.6) is 5.75 Å². The number of phenols is 1. The second kappa shape index (κ2) is 6.60. The van der Waals surface area contributed by atoms with Crippen molar-refractivity contribution in [2.75, 3.05) is 5.73 Å². The van der Waals surface area contributed by atoms with Gasteiger partial charge < -0.3 is 10.8 Å². The summed E-state index contributed by atoms with van der Waals surface area (Å²) in [5.41, 5.74) is 2.71. The van der Waals surface area contributed by atoms with Crippen molar-refractivity contribution in [3.05, 3.63) is 87.2 Å². The number of carbonyl (C=O) groups is 1. The average molecular weight is 378 g/mol. The summed E-state index contributed by atoms with van der Waals surface area (Å²) in [7, 11) is 0. The highest BCUT2D eigenvalue weighted by atomic mass is 19.2. The van der Waals surface area contributed by atoms with Gasteiger partial charge >= 0.3 is 0 Å². The van der Waals surface area contributed by atoms with Gasteiger partial charge in [-0.1, -0.05) is 6.07 Å². The summed E-state index contributed by atoms with van der Waals surface area (Å²) >= 11 is 0. The van der Waals surface area contributed by atoms with E-state index >= 15 is 0 Å².